The fourth-order valence-electron chi connectivity index (χ4n) is 3.67. The minimum absolute atomic E-state index is 0.193. The Morgan fingerprint density at radius 1 is 1.23 bits per heavy atom. The number of benzene rings is 1. The Bertz CT molecular complexity index is 993. The number of nitrogens with zero attached hydrogens (tertiary/aromatic N) is 5. The van der Waals surface area contributed by atoms with Crippen molar-refractivity contribution in [3.63, 3.8) is 0 Å². The second kappa shape index (κ2) is 6.21. The zero-order valence-electron chi connectivity index (χ0n) is 15.0. The average Bonchev–Trinajstić information content (AvgIpc) is 3.21. The number of aromatic amines is 1. The van der Waals surface area contributed by atoms with Gasteiger partial charge in [0.25, 0.3) is 5.56 Å². The molecule has 7 nitrogen and oxygen atoms in total. The number of hydrogen-bond donors (Lipinski definition) is 1. The molecule has 0 aliphatic carbocycles. The highest BCUT2D eigenvalue weighted by molar-refractivity contribution is 5.70. The molecule has 0 spiro atoms. The van der Waals surface area contributed by atoms with Crippen molar-refractivity contribution < 1.29 is 4.39 Å². The monoisotopic (exact) mass is 356 g/mol. The van der Waals surface area contributed by atoms with Gasteiger partial charge in [0.05, 0.1) is 6.33 Å². The molecule has 1 fully saturated rings. The van der Waals surface area contributed by atoms with Gasteiger partial charge in [0.15, 0.2) is 11.2 Å². The Labute approximate surface area is 150 Å². The first-order chi connectivity index (χ1) is 12.4. The van der Waals surface area contributed by atoms with Crippen LogP contribution in [-0.2, 0) is 7.05 Å². The maximum atomic E-state index is 13.3. The SMILES string of the molecule is CN(C)C1CN(c2nc3c(ncn3C)c(=O)[nH]2)CC1c1ccc(F)cc1. The number of hydrogen-bond acceptors (Lipinski definition) is 5. The van der Waals surface area contributed by atoms with E-state index < -0.39 is 0 Å². The van der Waals surface area contributed by atoms with Gasteiger partial charge in [-0.3, -0.25) is 9.78 Å². The summed E-state index contributed by atoms with van der Waals surface area (Å²) in [5, 5.41) is 0. The molecule has 8 heteroatoms. The zero-order chi connectivity index (χ0) is 18.4. The van der Waals surface area contributed by atoms with Crippen molar-refractivity contribution >= 4 is 17.1 Å². The van der Waals surface area contributed by atoms with Crippen LogP contribution < -0.4 is 10.5 Å². The standard InChI is InChI=1S/C18H21FN6O/c1-23(2)14-9-25(8-13(14)11-4-6-12(19)7-5-11)18-21-16-15(17(26)22-18)20-10-24(16)3/h4-7,10,13-14H,8-9H2,1-3H3,(H,21,22,26). The Morgan fingerprint density at radius 3 is 2.65 bits per heavy atom. The molecule has 2 unspecified atom stereocenters. The van der Waals surface area contributed by atoms with Crippen LogP contribution in [0.15, 0.2) is 35.4 Å². The summed E-state index contributed by atoms with van der Waals surface area (Å²) in [6.07, 6.45) is 1.59. The maximum Gasteiger partial charge on any atom is 0.280 e. The number of aryl methyl sites for hydroxylation is 1. The summed E-state index contributed by atoms with van der Waals surface area (Å²) in [6, 6.07) is 6.88. The number of imidazole rings is 1. The highest BCUT2D eigenvalue weighted by atomic mass is 19.1. The molecule has 1 saturated heterocycles. The van der Waals surface area contributed by atoms with Gasteiger partial charge in [0, 0.05) is 32.1 Å². The summed E-state index contributed by atoms with van der Waals surface area (Å²) in [5.41, 5.74) is 1.75. The lowest BCUT2D eigenvalue weighted by Crippen LogP contribution is -2.35. The molecule has 1 aliphatic heterocycles. The quantitative estimate of drug-likeness (QED) is 0.767. The van der Waals surface area contributed by atoms with Crippen LogP contribution in [0.2, 0.25) is 0 Å². The van der Waals surface area contributed by atoms with Crippen LogP contribution in [0.25, 0.3) is 11.2 Å². The van der Waals surface area contributed by atoms with Gasteiger partial charge in [-0.15, -0.1) is 0 Å². The van der Waals surface area contributed by atoms with E-state index in [1.807, 2.05) is 33.3 Å². The van der Waals surface area contributed by atoms with Crippen LogP contribution in [0, 0.1) is 5.82 Å². The molecule has 0 amide bonds. The molecule has 0 radical (unpaired) electrons. The molecule has 2 atom stereocenters. The molecule has 0 bridgehead atoms. The zero-order valence-corrected chi connectivity index (χ0v) is 15.0. The second-order valence-corrected chi connectivity index (χ2v) is 7.01. The van der Waals surface area contributed by atoms with Crippen LogP contribution in [0.5, 0.6) is 0 Å². The van der Waals surface area contributed by atoms with E-state index in [2.05, 4.69) is 24.8 Å². The molecule has 1 aromatic carbocycles. The summed E-state index contributed by atoms with van der Waals surface area (Å²) >= 11 is 0. The number of aromatic nitrogens is 4. The Kier molecular flexibility index (Phi) is 3.99. The van der Waals surface area contributed by atoms with Gasteiger partial charge in [-0.05, 0) is 31.8 Å². The Balaban J connectivity index is 1.71. The first-order valence-corrected chi connectivity index (χ1v) is 8.52. The van der Waals surface area contributed by atoms with E-state index in [-0.39, 0.29) is 23.3 Å². The topological polar surface area (TPSA) is 70.1 Å². The average molecular weight is 356 g/mol. The van der Waals surface area contributed by atoms with Crippen LogP contribution in [0.3, 0.4) is 0 Å². The third-order valence-electron chi connectivity index (χ3n) is 5.11. The number of fused-ring (bicyclic) bond motifs is 1. The van der Waals surface area contributed by atoms with E-state index in [1.165, 1.54) is 12.1 Å². The van der Waals surface area contributed by atoms with Crippen LogP contribution >= 0.6 is 0 Å². The molecule has 0 saturated carbocycles. The number of nitrogens with one attached hydrogen (secondary N) is 1. The number of anilines is 1. The predicted molar refractivity (Wildman–Crippen MR) is 98.0 cm³/mol. The van der Waals surface area contributed by atoms with Crippen molar-refractivity contribution in [2.24, 2.45) is 7.05 Å². The van der Waals surface area contributed by atoms with Crippen molar-refractivity contribution in [2.75, 3.05) is 32.1 Å². The largest absolute Gasteiger partial charge is 0.340 e. The van der Waals surface area contributed by atoms with Crippen molar-refractivity contribution in [1.82, 2.24) is 24.4 Å². The minimum atomic E-state index is -0.239. The summed E-state index contributed by atoms with van der Waals surface area (Å²) in [6.45, 7) is 1.42. The van der Waals surface area contributed by atoms with E-state index in [9.17, 15) is 9.18 Å². The first kappa shape index (κ1) is 16.7. The lowest BCUT2D eigenvalue weighted by molar-refractivity contribution is 0.292. The lowest BCUT2D eigenvalue weighted by Gasteiger charge is -2.25. The third-order valence-corrected chi connectivity index (χ3v) is 5.11. The molecule has 3 heterocycles. The van der Waals surface area contributed by atoms with Crippen molar-refractivity contribution in [2.45, 2.75) is 12.0 Å². The molecular formula is C18H21FN6O. The van der Waals surface area contributed by atoms with E-state index in [0.717, 1.165) is 12.1 Å². The second-order valence-electron chi connectivity index (χ2n) is 7.01. The van der Waals surface area contributed by atoms with Crippen molar-refractivity contribution in [1.29, 1.82) is 0 Å². The smallest absolute Gasteiger partial charge is 0.280 e. The molecule has 1 N–H and O–H groups in total. The first-order valence-electron chi connectivity index (χ1n) is 8.52. The van der Waals surface area contributed by atoms with Crippen LogP contribution in [-0.4, -0.2) is 57.6 Å². The highest BCUT2D eigenvalue weighted by Crippen LogP contribution is 2.32. The molecule has 2 aromatic heterocycles. The van der Waals surface area contributed by atoms with E-state index in [4.69, 9.17) is 0 Å². The number of rotatable bonds is 3. The van der Waals surface area contributed by atoms with Crippen molar-refractivity contribution in [3.05, 3.63) is 52.3 Å². The van der Waals surface area contributed by atoms with E-state index >= 15 is 0 Å². The minimum Gasteiger partial charge on any atom is -0.340 e. The molecule has 26 heavy (non-hydrogen) atoms. The summed E-state index contributed by atoms with van der Waals surface area (Å²) in [5.74, 6) is 0.498. The predicted octanol–water partition coefficient (Wildman–Crippen LogP) is 1.33. The molecule has 136 valence electrons. The fraction of sp³-hybridized carbons (Fsp3) is 0.389. The van der Waals surface area contributed by atoms with Crippen molar-refractivity contribution in [3.8, 4) is 0 Å². The van der Waals surface area contributed by atoms with Crippen LogP contribution in [0.1, 0.15) is 11.5 Å². The van der Waals surface area contributed by atoms with Gasteiger partial charge < -0.3 is 14.4 Å². The number of halogens is 1. The summed E-state index contributed by atoms with van der Waals surface area (Å²) < 4.78 is 15.0. The van der Waals surface area contributed by atoms with E-state index in [1.54, 1.807) is 10.9 Å². The van der Waals surface area contributed by atoms with Gasteiger partial charge in [-0.1, -0.05) is 12.1 Å². The Morgan fingerprint density at radius 2 is 1.96 bits per heavy atom. The summed E-state index contributed by atoms with van der Waals surface area (Å²) in [4.78, 5) is 28.1. The maximum absolute atomic E-state index is 13.3. The molecule has 4 rings (SSSR count). The molecule has 3 aromatic rings. The van der Waals surface area contributed by atoms with Gasteiger partial charge in [-0.25, -0.2) is 9.37 Å². The van der Waals surface area contributed by atoms with Gasteiger partial charge in [-0.2, -0.15) is 4.98 Å². The van der Waals surface area contributed by atoms with Crippen LogP contribution in [0.4, 0.5) is 10.3 Å². The van der Waals surface area contributed by atoms with Gasteiger partial charge >= 0.3 is 0 Å². The third kappa shape index (κ3) is 2.76. The van der Waals surface area contributed by atoms with E-state index in [0.29, 0.717) is 23.7 Å². The highest BCUT2D eigenvalue weighted by Gasteiger charge is 2.36. The normalized spacial score (nSPS) is 20.4. The van der Waals surface area contributed by atoms with Gasteiger partial charge in [0.1, 0.15) is 5.82 Å². The lowest BCUT2D eigenvalue weighted by atomic mass is 9.94. The molecular weight excluding hydrogens is 335 g/mol. The fourth-order valence-corrected chi connectivity index (χ4v) is 3.67. The summed E-state index contributed by atoms with van der Waals surface area (Å²) in [7, 11) is 5.88. The number of likely N-dealkylation sites (N-methyl/N-ethyl adjacent to an activating group) is 1. The molecule has 1 aliphatic rings. The Hall–Kier alpha value is -2.74. The number of H-pyrrole nitrogens is 1. The van der Waals surface area contributed by atoms with Gasteiger partial charge in [0.2, 0.25) is 5.95 Å².